The second kappa shape index (κ2) is 5.14. The molecule has 0 spiro atoms. The van der Waals surface area contributed by atoms with Crippen LogP contribution in [0.3, 0.4) is 0 Å². The molecule has 0 N–H and O–H groups in total. The zero-order valence-corrected chi connectivity index (χ0v) is 12.2. The molecule has 1 aromatic heterocycles. The first-order chi connectivity index (χ1) is 9.15. The lowest BCUT2D eigenvalue weighted by Gasteiger charge is -2.15. The molecule has 0 aliphatic carbocycles. The van der Waals surface area contributed by atoms with Crippen LogP contribution in [0.1, 0.15) is 38.4 Å². The van der Waals surface area contributed by atoms with E-state index in [0.717, 1.165) is 47.9 Å². The van der Waals surface area contributed by atoms with Crippen LogP contribution < -0.4 is 0 Å². The number of aromatic nitrogens is 2. The van der Waals surface area contributed by atoms with E-state index in [1.54, 1.807) is 0 Å². The highest BCUT2D eigenvalue weighted by Crippen LogP contribution is 2.26. The lowest BCUT2D eigenvalue weighted by atomic mass is 10.2. The largest absolute Gasteiger partial charge is 0.376 e. The number of ether oxygens (including phenoxy) is 1. The number of nitrogens with zero attached hydrogens (tertiary/aromatic N) is 2. The van der Waals surface area contributed by atoms with Crippen LogP contribution in [0, 0.1) is 0 Å². The molecule has 2 heterocycles. The van der Waals surface area contributed by atoms with E-state index in [1.807, 2.05) is 18.2 Å². The molecule has 1 unspecified atom stereocenters. The lowest BCUT2D eigenvalue weighted by molar-refractivity contribution is 0.0970. The molecule has 0 bridgehead atoms. The molecule has 3 nitrogen and oxygen atoms in total. The minimum absolute atomic E-state index is 0.314. The highest BCUT2D eigenvalue weighted by molar-refractivity contribution is 6.31. The van der Waals surface area contributed by atoms with Gasteiger partial charge in [0.05, 0.1) is 23.7 Å². The van der Waals surface area contributed by atoms with Crippen LogP contribution in [-0.2, 0) is 11.3 Å². The maximum Gasteiger partial charge on any atom is 0.112 e. The Morgan fingerprint density at radius 1 is 1.47 bits per heavy atom. The Kier molecular flexibility index (Phi) is 3.50. The third kappa shape index (κ3) is 2.49. The van der Waals surface area contributed by atoms with Crippen LogP contribution in [0.25, 0.3) is 11.0 Å². The van der Waals surface area contributed by atoms with Crippen LogP contribution in [0.5, 0.6) is 0 Å². The smallest absolute Gasteiger partial charge is 0.112 e. The lowest BCUT2D eigenvalue weighted by Crippen LogP contribution is -2.17. The van der Waals surface area contributed by atoms with Crippen LogP contribution in [0.15, 0.2) is 18.2 Å². The van der Waals surface area contributed by atoms with Gasteiger partial charge < -0.3 is 9.30 Å². The maximum absolute atomic E-state index is 6.12. The zero-order chi connectivity index (χ0) is 13.4. The summed E-state index contributed by atoms with van der Waals surface area (Å²) in [5.74, 6) is 1.51. The van der Waals surface area contributed by atoms with Crippen molar-refractivity contribution in [3.05, 3.63) is 29.0 Å². The van der Waals surface area contributed by atoms with Gasteiger partial charge in [-0.25, -0.2) is 4.98 Å². The number of rotatable bonds is 3. The van der Waals surface area contributed by atoms with Gasteiger partial charge in [-0.15, -0.1) is 0 Å². The number of hydrogen-bond acceptors (Lipinski definition) is 2. The van der Waals surface area contributed by atoms with Crippen LogP contribution in [0.2, 0.25) is 5.02 Å². The molecular weight excluding hydrogens is 260 g/mol. The summed E-state index contributed by atoms with van der Waals surface area (Å²) in [7, 11) is 0. The van der Waals surface area contributed by atoms with Crippen molar-refractivity contribution in [3.8, 4) is 0 Å². The van der Waals surface area contributed by atoms with Crippen LogP contribution in [0.4, 0.5) is 0 Å². The van der Waals surface area contributed by atoms with Crippen molar-refractivity contribution < 1.29 is 4.74 Å². The first-order valence-corrected chi connectivity index (χ1v) is 7.30. The van der Waals surface area contributed by atoms with Gasteiger partial charge in [-0.2, -0.15) is 0 Å². The second-order valence-corrected chi connectivity index (χ2v) is 5.94. The summed E-state index contributed by atoms with van der Waals surface area (Å²) >= 11 is 6.12. The van der Waals surface area contributed by atoms with Crippen molar-refractivity contribution in [2.24, 2.45) is 0 Å². The van der Waals surface area contributed by atoms with Crippen LogP contribution in [-0.4, -0.2) is 22.3 Å². The fourth-order valence-electron chi connectivity index (χ4n) is 2.74. The van der Waals surface area contributed by atoms with Gasteiger partial charge in [0, 0.05) is 17.5 Å². The van der Waals surface area contributed by atoms with Crippen LogP contribution >= 0.6 is 11.6 Å². The first-order valence-electron chi connectivity index (χ1n) is 6.92. The van der Waals surface area contributed by atoms with Crippen molar-refractivity contribution in [1.82, 2.24) is 9.55 Å². The molecule has 0 amide bonds. The van der Waals surface area contributed by atoms with E-state index in [1.165, 1.54) is 0 Å². The minimum Gasteiger partial charge on any atom is -0.376 e. The van der Waals surface area contributed by atoms with Gasteiger partial charge in [-0.05, 0) is 31.0 Å². The Morgan fingerprint density at radius 2 is 2.32 bits per heavy atom. The first kappa shape index (κ1) is 12.9. The van der Waals surface area contributed by atoms with Gasteiger partial charge in [-0.1, -0.05) is 25.4 Å². The van der Waals surface area contributed by atoms with E-state index in [-0.39, 0.29) is 0 Å². The van der Waals surface area contributed by atoms with Gasteiger partial charge >= 0.3 is 0 Å². The molecule has 0 saturated carbocycles. The third-order valence-corrected chi connectivity index (χ3v) is 3.90. The van der Waals surface area contributed by atoms with Gasteiger partial charge in [0.15, 0.2) is 0 Å². The highest BCUT2D eigenvalue weighted by Gasteiger charge is 2.20. The summed E-state index contributed by atoms with van der Waals surface area (Å²) < 4.78 is 8.04. The minimum atomic E-state index is 0.314. The summed E-state index contributed by atoms with van der Waals surface area (Å²) in [6, 6.07) is 5.90. The molecule has 4 heteroatoms. The summed E-state index contributed by atoms with van der Waals surface area (Å²) in [5.41, 5.74) is 2.14. The summed E-state index contributed by atoms with van der Waals surface area (Å²) in [6.45, 7) is 6.11. The van der Waals surface area contributed by atoms with Gasteiger partial charge in [0.2, 0.25) is 0 Å². The third-order valence-electron chi connectivity index (χ3n) is 3.67. The predicted molar refractivity (Wildman–Crippen MR) is 77.8 cm³/mol. The molecule has 3 rings (SSSR count). The Hall–Kier alpha value is -1.06. The fourth-order valence-corrected chi connectivity index (χ4v) is 2.91. The molecule has 1 saturated heterocycles. The molecule has 2 aromatic rings. The molecule has 0 radical (unpaired) electrons. The maximum atomic E-state index is 6.12. The molecule has 1 aliphatic rings. The number of halogens is 1. The van der Waals surface area contributed by atoms with E-state index >= 15 is 0 Å². The standard InChI is InChI=1S/C15H19ClN2O/c1-10(2)15-17-13-6-5-11(16)8-14(13)18(15)9-12-4-3-7-19-12/h5-6,8,10,12H,3-4,7,9H2,1-2H3. The molecule has 1 aromatic carbocycles. The summed E-state index contributed by atoms with van der Waals surface area (Å²) in [6.07, 6.45) is 2.61. The summed E-state index contributed by atoms with van der Waals surface area (Å²) in [5, 5.41) is 0.760. The van der Waals surface area contributed by atoms with Crippen molar-refractivity contribution in [3.63, 3.8) is 0 Å². The predicted octanol–water partition coefficient (Wildman–Crippen LogP) is 3.99. The van der Waals surface area contributed by atoms with Crippen molar-refractivity contribution >= 4 is 22.6 Å². The van der Waals surface area contributed by atoms with E-state index < -0.39 is 0 Å². The fraction of sp³-hybridized carbons (Fsp3) is 0.533. The van der Waals surface area contributed by atoms with E-state index in [2.05, 4.69) is 18.4 Å². The van der Waals surface area contributed by atoms with Gasteiger partial charge in [0.25, 0.3) is 0 Å². The van der Waals surface area contributed by atoms with E-state index in [9.17, 15) is 0 Å². The Labute approximate surface area is 118 Å². The molecule has 1 atom stereocenters. The average Bonchev–Trinajstić information content (AvgIpc) is 2.98. The quantitative estimate of drug-likeness (QED) is 0.849. The van der Waals surface area contributed by atoms with Gasteiger partial charge in [0.1, 0.15) is 5.82 Å². The zero-order valence-electron chi connectivity index (χ0n) is 11.4. The topological polar surface area (TPSA) is 27.1 Å². The van der Waals surface area contributed by atoms with Gasteiger partial charge in [-0.3, -0.25) is 0 Å². The van der Waals surface area contributed by atoms with Crippen molar-refractivity contribution in [1.29, 1.82) is 0 Å². The molecule has 19 heavy (non-hydrogen) atoms. The van der Waals surface area contributed by atoms with Crippen molar-refractivity contribution in [2.75, 3.05) is 6.61 Å². The number of benzene rings is 1. The number of hydrogen-bond donors (Lipinski definition) is 0. The Morgan fingerprint density at radius 3 is 3.00 bits per heavy atom. The Bertz CT molecular complexity index is 585. The molecule has 1 aliphatic heterocycles. The average molecular weight is 279 g/mol. The van der Waals surface area contributed by atoms with E-state index in [0.29, 0.717) is 12.0 Å². The Balaban J connectivity index is 2.06. The molecular formula is C15H19ClN2O. The molecule has 102 valence electrons. The number of imidazole rings is 1. The van der Waals surface area contributed by atoms with Crippen molar-refractivity contribution in [2.45, 2.75) is 45.3 Å². The molecule has 1 fully saturated rings. The monoisotopic (exact) mass is 278 g/mol. The highest BCUT2D eigenvalue weighted by atomic mass is 35.5. The normalized spacial score (nSPS) is 19.7. The van der Waals surface area contributed by atoms with E-state index in [4.69, 9.17) is 21.3 Å². The summed E-state index contributed by atoms with van der Waals surface area (Å²) in [4.78, 5) is 4.74. The number of fused-ring (bicyclic) bond motifs is 1. The SMILES string of the molecule is CC(C)c1nc2ccc(Cl)cc2n1CC1CCCO1. The second-order valence-electron chi connectivity index (χ2n) is 5.50.